The molecule has 2 aromatic heterocycles. The monoisotopic (exact) mass is 323 g/mol. The molecule has 0 radical (unpaired) electrons. The van der Waals surface area contributed by atoms with E-state index in [2.05, 4.69) is 9.97 Å². The number of halogens is 1. The van der Waals surface area contributed by atoms with Gasteiger partial charge in [-0.05, 0) is 37.1 Å². The van der Waals surface area contributed by atoms with Crippen LogP contribution in [-0.2, 0) is 16.6 Å². The van der Waals surface area contributed by atoms with E-state index in [0.29, 0.717) is 0 Å². The maximum absolute atomic E-state index is 12.7. The van der Waals surface area contributed by atoms with Gasteiger partial charge in [0.1, 0.15) is 10.0 Å². The van der Waals surface area contributed by atoms with Gasteiger partial charge in [-0.1, -0.05) is 17.7 Å². The Morgan fingerprint density at radius 1 is 1.19 bits per heavy atom. The molecule has 1 saturated carbocycles. The maximum Gasteiger partial charge on any atom is 0.245 e. The lowest BCUT2D eigenvalue weighted by molar-refractivity contribution is 0.394. The summed E-state index contributed by atoms with van der Waals surface area (Å²) in [6.45, 7) is 0.274. The molecular weight excluding hydrogens is 310 g/mol. The van der Waals surface area contributed by atoms with E-state index in [1.807, 2.05) is 18.2 Å². The highest BCUT2D eigenvalue weighted by atomic mass is 35.5. The van der Waals surface area contributed by atoms with Gasteiger partial charge in [-0.15, -0.1) is 0 Å². The van der Waals surface area contributed by atoms with Gasteiger partial charge in [-0.2, -0.15) is 4.31 Å². The number of nitrogens with zero attached hydrogens (tertiary/aromatic N) is 3. The summed E-state index contributed by atoms with van der Waals surface area (Å²) in [5.41, 5.74) is 0.731. The van der Waals surface area contributed by atoms with Gasteiger partial charge >= 0.3 is 0 Å². The van der Waals surface area contributed by atoms with Crippen molar-refractivity contribution >= 4 is 21.6 Å². The van der Waals surface area contributed by atoms with E-state index in [1.54, 1.807) is 6.20 Å². The molecule has 0 N–H and O–H groups in total. The van der Waals surface area contributed by atoms with Crippen LogP contribution in [0.1, 0.15) is 18.5 Å². The molecule has 1 aliphatic rings. The topological polar surface area (TPSA) is 63.2 Å². The fourth-order valence-corrected chi connectivity index (χ4v) is 3.79. The summed E-state index contributed by atoms with van der Waals surface area (Å²) < 4.78 is 27.0. The second-order valence-electron chi connectivity index (χ2n) is 4.92. The fraction of sp³-hybridized carbons (Fsp3) is 0.286. The first-order valence-electron chi connectivity index (χ1n) is 6.61. The minimum atomic E-state index is -3.58. The number of sulfonamides is 1. The highest BCUT2D eigenvalue weighted by molar-refractivity contribution is 7.89. The Bertz CT molecular complexity index is 716. The van der Waals surface area contributed by atoms with Crippen molar-refractivity contribution in [2.45, 2.75) is 30.3 Å². The molecule has 0 bridgehead atoms. The molecule has 1 aliphatic carbocycles. The quantitative estimate of drug-likeness (QED) is 0.793. The lowest BCUT2D eigenvalue weighted by atomic mass is 10.3. The molecule has 21 heavy (non-hydrogen) atoms. The molecule has 0 spiro atoms. The SMILES string of the molecule is O=S(=O)(c1ccc(Cl)nc1)N(Cc1ccccn1)C1CC1. The average Bonchev–Trinajstić information content (AvgIpc) is 3.31. The van der Waals surface area contributed by atoms with Crippen molar-refractivity contribution in [3.63, 3.8) is 0 Å². The van der Waals surface area contributed by atoms with Gasteiger partial charge in [0, 0.05) is 18.4 Å². The largest absolute Gasteiger partial charge is 0.260 e. The van der Waals surface area contributed by atoms with Crippen molar-refractivity contribution in [3.05, 3.63) is 53.6 Å². The Hall–Kier alpha value is -1.50. The van der Waals surface area contributed by atoms with Crippen molar-refractivity contribution in [3.8, 4) is 0 Å². The molecule has 2 heterocycles. The van der Waals surface area contributed by atoms with Crippen molar-refractivity contribution < 1.29 is 8.42 Å². The van der Waals surface area contributed by atoms with Crippen LogP contribution in [-0.4, -0.2) is 28.7 Å². The van der Waals surface area contributed by atoms with Crippen molar-refractivity contribution in [2.24, 2.45) is 0 Å². The third kappa shape index (κ3) is 3.23. The van der Waals surface area contributed by atoms with Crippen LogP contribution in [0.15, 0.2) is 47.6 Å². The Labute approximate surface area is 128 Å². The molecular formula is C14H14ClN3O2S. The summed E-state index contributed by atoms with van der Waals surface area (Å²) in [5.74, 6) is 0. The highest BCUT2D eigenvalue weighted by Gasteiger charge is 2.38. The van der Waals surface area contributed by atoms with Crippen LogP contribution in [0.5, 0.6) is 0 Å². The van der Waals surface area contributed by atoms with Crippen molar-refractivity contribution in [1.29, 1.82) is 0 Å². The summed E-state index contributed by atoms with van der Waals surface area (Å²) >= 11 is 5.72. The Morgan fingerprint density at radius 3 is 2.57 bits per heavy atom. The van der Waals surface area contributed by atoms with Crippen LogP contribution in [0.4, 0.5) is 0 Å². The first kappa shape index (κ1) is 14.4. The molecule has 1 fully saturated rings. The predicted octanol–water partition coefficient (Wildman–Crippen LogP) is 2.48. The van der Waals surface area contributed by atoms with E-state index in [-0.39, 0.29) is 22.6 Å². The fourth-order valence-electron chi connectivity index (χ4n) is 2.07. The van der Waals surface area contributed by atoms with E-state index >= 15 is 0 Å². The van der Waals surface area contributed by atoms with E-state index in [9.17, 15) is 8.42 Å². The third-order valence-electron chi connectivity index (χ3n) is 3.30. The van der Waals surface area contributed by atoms with Gasteiger partial charge < -0.3 is 0 Å². The molecule has 7 heteroatoms. The van der Waals surface area contributed by atoms with Crippen LogP contribution in [0.2, 0.25) is 5.15 Å². The van der Waals surface area contributed by atoms with Gasteiger partial charge in [0.25, 0.3) is 0 Å². The zero-order valence-electron chi connectivity index (χ0n) is 11.2. The number of pyridine rings is 2. The first-order chi connectivity index (χ1) is 10.1. The van der Waals surface area contributed by atoms with Gasteiger partial charge in [-0.3, -0.25) is 4.98 Å². The van der Waals surface area contributed by atoms with E-state index in [4.69, 9.17) is 11.6 Å². The van der Waals surface area contributed by atoms with E-state index in [1.165, 1.54) is 22.6 Å². The molecule has 0 atom stereocenters. The zero-order valence-corrected chi connectivity index (χ0v) is 12.8. The van der Waals surface area contributed by atoms with Gasteiger partial charge in [0.15, 0.2) is 0 Å². The standard InChI is InChI=1S/C14H14ClN3O2S/c15-14-7-6-13(9-17-14)21(19,20)18(12-4-5-12)10-11-3-1-2-8-16-11/h1-3,6-9,12H,4-5,10H2. The number of rotatable bonds is 5. The van der Waals surface area contributed by atoms with Crippen molar-refractivity contribution in [2.75, 3.05) is 0 Å². The first-order valence-corrected chi connectivity index (χ1v) is 8.42. The van der Waals surface area contributed by atoms with E-state index in [0.717, 1.165) is 18.5 Å². The predicted molar refractivity (Wildman–Crippen MR) is 79.2 cm³/mol. The number of aromatic nitrogens is 2. The molecule has 0 unspecified atom stereocenters. The molecule has 2 aromatic rings. The molecule has 0 amide bonds. The van der Waals surface area contributed by atoms with Crippen LogP contribution in [0, 0.1) is 0 Å². The maximum atomic E-state index is 12.7. The van der Waals surface area contributed by atoms with Crippen LogP contribution in [0.3, 0.4) is 0 Å². The Balaban J connectivity index is 1.91. The molecule has 110 valence electrons. The van der Waals surface area contributed by atoms with Gasteiger partial charge in [-0.25, -0.2) is 13.4 Å². The Morgan fingerprint density at radius 2 is 2.00 bits per heavy atom. The zero-order chi connectivity index (χ0) is 14.9. The normalized spacial score (nSPS) is 15.3. The molecule has 0 aliphatic heterocycles. The lowest BCUT2D eigenvalue weighted by Crippen LogP contribution is -2.33. The van der Waals surface area contributed by atoms with Crippen LogP contribution < -0.4 is 0 Å². The second kappa shape index (κ2) is 5.71. The van der Waals surface area contributed by atoms with Crippen LogP contribution in [0.25, 0.3) is 0 Å². The summed E-state index contributed by atoms with van der Waals surface area (Å²) in [6, 6.07) is 8.50. The molecule has 0 saturated heterocycles. The summed E-state index contributed by atoms with van der Waals surface area (Å²) in [7, 11) is -3.58. The van der Waals surface area contributed by atoms with Gasteiger partial charge in [0.2, 0.25) is 10.0 Å². The smallest absolute Gasteiger partial charge is 0.245 e. The molecule has 3 rings (SSSR count). The minimum absolute atomic E-state index is 0.0488. The van der Waals surface area contributed by atoms with Crippen molar-refractivity contribution in [1.82, 2.24) is 14.3 Å². The summed E-state index contributed by atoms with van der Waals surface area (Å²) in [4.78, 5) is 8.23. The molecule has 0 aromatic carbocycles. The van der Waals surface area contributed by atoms with E-state index < -0.39 is 10.0 Å². The minimum Gasteiger partial charge on any atom is -0.260 e. The molecule has 5 nitrogen and oxygen atoms in total. The number of hydrogen-bond donors (Lipinski definition) is 0. The lowest BCUT2D eigenvalue weighted by Gasteiger charge is -2.21. The van der Waals surface area contributed by atoms with Crippen LogP contribution >= 0.6 is 11.6 Å². The van der Waals surface area contributed by atoms with Gasteiger partial charge in [0.05, 0.1) is 12.2 Å². The third-order valence-corrected chi connectivity index (χ3v) is 5.41. The summed E-state index contributed by atoms with van der Waals surface area (Å²) in [5, 5.41) is 0.275. The number of hydrogen-bond acceptors (Lipinski definition) is 4. The highest BCUT2D eigenvalue weighted by Crippen LogP contribution is 2.33. The average molecular weight is 324 g/mol. The Kier molecular flexibility index (Phi) is 3.93. The summed E-state index contributed by atoms with van der Waals surface area (Å²) in [6.07, 6.45) is 4.72. The second-order valence-corrected chi connectivity index (χ2v) is 7.20.